The fourth-order valence-electron chi connectivity index (χ4n) is 2.20. The van der Waals surface area contributed by atoms with E-state index in [9.17, 15) is 0 Å². The van der Waals surface area contributed by atoms with Gasteiger partial charge in [-0.05, 0) is 37.1 Å². The molecule has 0 heterocycles. The summed E-state index contributed by atoms with van der Waals surface area (Å²) in [5.74, 6) is 0. The lowest BCUT2D eigenvalue weighted by molar-refractivity contribution is 0.266. The molecule has 0 radical (unpaired) electrons. The molecule has 2 rings (SSSR count). The second kappa shape index (κ2) is 7.22. The predicted molar refractivity (Wildman–Crippen MR) is 86.7 cm³/mol. The maximum absolute atomic E-state index is 5.68. The third-order valence-electron chi connectivity index (χ3n) is 3.91. The van der Waals surface area contributed by atoms with Crippen molar-refractivity contribution in [1.29, 1.82) is 0 Å². The van der Waals surface area contributed by atoms with E-state index in [1.807, 2.05) is 6.07 Å². The third kappa shape index (κ3) is 3.92. The van der Waals surface area contributed by atoms with Gasteiger partial charge in [0.2, 0.25) is 0 Å². The van der Waals surface area contributed by atoms with E-state index in [1.165, 1.54) is 16.7 Å². The Bertz CT molecular complexity index is 505. The van der Waals surface area contributed by atoms with Crippen LogP contribution in [0, 0.1) is 0 Å². The molecular weight excluding hydrogens is 244 g/mol. The molecule has 0 aliphatic heterocycles. The summed E-state index contributed by atoms with van der Waals surface area (Å²) in [5, 5.41) is 0. The van der Waals surface area contributed by atoms with E-state index in [0.717, 1.165) is 13.0 Å². The quantitative estimate of drug-likeness (QED) is 0.872. The van der Waals surface area contributed by atoms with Crippen molar-refractivity contribution >= 4 is 0 Å². The highest BCUT2D eigenvalue weighted by Gasteiger charge is 2.06. The largest absolute Gasteiger partial charge is 0.329 e. The Morgan fingerprint density at radius 3 is 2.15 bits per heavy atom. The van der Waals surface area contributed by atoms with E-state index >= 15 is 0 Å². The smallest absolute Gasteiger partial charge is 0.0187 e. The fourth-order valence-corrected chi connectivity index (χ4v) is 2.20. The summed E-state index contributed by atoms with van der Waals surface area (Å²) >= 11 is 0. The van der Waals surface area contributed by atoms with Gasteiger partial charge < -0.3 is 10.6 Å². The zero-order valence-electron chi connectivity index (χ0n) is 12.4. The Labute approximate surface area is 122 Å². The molecule has 0 saturated carbocycles. The van der Waals surface area contributed by atoms with Gasteiger partial charge in [-0.1, -0.05) is 54.6 Å². The fraction of sp³-hybridized carbons (Fsp3) is 0.333. The molecule has 0 amide bonds. The molecular formula is C18H24N2. The minimum atomic E-state index is 0.443. The number of nitrogens with two attached hydrogens (primary N) is 1. The average molecular weight is 268 g/mol. The van der Waals surface area contributed by atoms with E-state index in [1.54, 1.807) is 0 Å². The number of rotatable bonds is 6. The van der Waals surface area contributed by atoms with Crippen LogP contribution in [0.3, 0.4) is 0 Å². The molecule has 0 fully saturated rings. The van der Waals surface area contributed by atoms with Crippen molar-refractivity contribution in [3.63, 3.8) is 0 Å². The zero-order chi connectivity index (χ0) is 14.4. The van der Waals surface area contributed by atoms with Crippen LogP contribution in [0.2, 0.25) is 0 Å². The van der Waals surface area contributed by atoms with Gasteiger partial charge in [0, 0.05) is 19.1 Å². The minimum Gasteiger partial charge on any atom is -0.329 e. The van der Waals surface area contributed by atoms with Crippen LogP contribution >= 0.6 is 0 Å². The van der Waals surface area contributed by atoms with Crippen molar-refractivity contribution in [3.8, 4) is 11.1 Å². The number of hydrogen-bond acceptors (Lipinski definition) is 2. The summed E-state index contributed by atoms with van der Waals surface area (Å²) in [6, 6.07) is 19.8. The van der Waals surface area contributed by atoms with Gasteiger partial charge in [0.25, 0.3) is 0 Å². The molecule has 2 nitrogen and oxygen atoms in total. The monoisotopic (exact) mass is 268 g/mol. The van der Waals surface area contributed by atoms with Gasteiger partial charge in [0.1, 0.15) is 0 Å². The molecule has 2 aromatic carbocycles. The number of benzene rings is 2. The van der Waals surface area contributed by atoms with Crippen LogP contribution < -0.4 is 5.73 Å². The maximum atomic E-state index is 5.68. The average Bonchev–Trinajstić information content (AvgIpc) is 2.53. The van der Waals surface area contributed by atoms with Gasteiger partial charge in [-0.3, -0.25) is 0 Å². The second-order valence-electron chi connectivity index (χ2n) is 5.38. The summed E-state index contributed by atoms with van der Waals surface area (Å²) in [7, 11) is 2.13. The van der Waals surface area contributed by atoms with Gasteiger partial charge in [0.15, 0.2) is 0 Å². The topological polar surface area (TPSA) is 29.3 Å². The van der Waals surface area contributed by atoms with E-state index in [4.69, 9.17) is 5.73 Å². The first-order valence-electron chi connectivity index (χ1n) is 7.25. The van der Waals surface area contributed by atoms with Crippen molar-refractivity contribution in [2.24, 2.45) is 5.73 Å². The number of likely N-dealkylation sites (N-methyl/N-ethyl adjacent to an activating group) is 1. The van der Waals surface area contributed by atoms with Crippen molar-refractivity contribution in [2.75, 3.05) is 20.1 Å². The first-order chi connectivity index (χ1) is 9.70. The normalized spacial score (nSPS) is 12.6. The summed E-state index contributed by atoms with van der Waals surface area (Å²) in [4.78, 5) is 2.31. The van der Waals surface area contributed by atoms with Gasteiger partial charge in [-0.25, -0.2) is 0 Å². The van der Waals surface area contributed by atoms with Crippen molar-refractivity contribution in [3.05, 3.63) is 60.2 Å². The SMILES string of the molecule is CC(CN)N(C)CCc1ccc(-c2ccccc2)cc1. The molecule has 0 saturated heterocycles. The van der Waals surface area contributed by atoms with E-state index in [2.05, 4.69) is 67.4 Å². The van der Waals surface area contributed by atoms with Crippen LogP contribution in [0.5, 0.6) is 0 Å². The summed E-state index contributed by atoms with van der Waals surface area (Å²) in [6.45, 7) is 3.92. The van der Waals surface area contributed by atoms with Crippen LogP contribution in [0.1, 0.15) is 12.5 Å². The van der Waals surface area contributed by atoms with Gasteiger partial charge in [0.05, 0.1) is 0 Å². The van der Waals surface area contributed by atoms with E-state index in [0.29, 0.717) is 12.6 Å². The Kier molecular flexibility index (Phi) is 5.33. The standard InChI is InChI=1S/C18H24N2/c1-15(14-19)20(2)13-12-16-8-10-18(11-9-16)17-6-4-3-5-7-17/h3-11,15H,12-14,19H2,1-2H3. The highest BCUT2D eigenvalue weighted by atomic mass is 15.1. The molecule has 0 bridgehead atoms. The lowest BCUT2D eigenvalue weighted by atomic mass is 10.0. The first-order valence-corrected chi connectivity index (χ1v) is 7.25. The summed E-state index contributed by atoms with van der Waals surface area (Å²) in [5.41, 5.74) is 9.61. The Morgan fingerprint density at radius 1 is 0.950 bits per heavy atom. The van der Waals surface area contributed by atoms with Gasteiger partial charge >= 0.3 is 0 Å². The van der Waals surface area contributed by atoms with E-state index < -0.39 is 0 Å². The first kappa shape index (κ1) is 14.8. The lowest BCUT2D eigenvalue weighted by Gasteiger charge is -2.23. The Morgan fingerprint density at radius 2 is 1.55 bits per heavy atom. The minimum absolute atomic E-state index is 0.443. The van der Waals surface area contributed by atoms with Crippen LogP contribution in [-0.4, -0.2) is 31.1 Å². The van der Waals surface area contributed by atoms with Crippen LogP contribution in [0.4, 0.5) is 0 Å². The summed E-state index contributed by atoms with van der Waals surface area (Å²) < 4.78 is 0. The maximum Gasteiger partial charge on any atom is 0.0187 e. The van der Waals surface area contributed by atoms with Crippen molar-refractivity contribution < 1.29 is 0 Å². The van der Waals surface area contributed by atoms with Gasteiger partial charge in [-0.2, -0.15) is 0 Å². The third-order valence-corrected chi connectivity index (χ3v) is 3.91. The molecule has 2 aromatic rings. The molecule has 0 spiro atoms. The summed E-state index contributed by atoms with van der Waals surface area (Å²) in [6.07, 6.45) is 1.07. The Balaban J connectivity index is 1.95. The van der Waals surface area contributed by atoms with Crippen LogP contribution in [0.15, 0.2) is 54.6 Å². The molecule has 2 N–H and O–H groups in total. The van der Waals surface area contributed by atoms with Gasteiger partial charge in [-0.15, -0.1) is 0 Å². The molecule has 1 unspecified atom stereocenters. The molecule has 0 aliphatic rings. The van der Waals surface area contributed by atoms with Crippen molar-refractivity contribution in [2.45, 2.75) is 19.4 Å². The van der Waals surface area contributed by atoms with Crippen LogP contribution in [0.25, 0.3) is 11.1 Å². The zero-order valence-corrected chi connectivity index (χ0v) is 12.4. The number of hydrogen-bond donors (Lipinski definition) is 1. The number of nitrogens with zero attached hydrogens (tertiary/aromatic N) is 1. The molecule has 1 atom stereocenters. The second-order valence-corrected chi connectivity index (χ2v) is 5.38. The molecule has 106 valence electrons. The predicted octanol–water partition coefficient (Wildman–Crippen LogP) is 3.18. The van der Waals surface area contributed by atoms with Crippen molar-refractivity contribution in [1.82, 2.24) is 4.90 Å². The molecule has 0 aromatic heterocycles. The highest BCUT2D eigenvalue weighted by Crippen LogP contribution is 2.19. The molecule has 20 heavy (non-hydrogen) atoms. The molecule has 2 heteroatoms. The van der Waals surface area contributed by atoms with E-state index in [-0.39, 0.29) is 0 Å². The highest BCUT2D eigenvalue weighted by molar-refractivity contribution is 5.63. The Hall–Kier alpha value is -1.64. The van der Waals surface area contributed by atoms with Crippen LogP contribution in [-0.2, 0) is 6.42 Å². The lowest BCUT2D eigenvalue weighted by Crippen LogP contribution is -2.36. The molecule has 0 aliphatic carbocycles.